The Hall–Kier alpha value is -1.07. The highest BCUT2D eigenvalue weighted by molar-refractivity contribution is 7.88. The summed E-state index contributed by atoms with van der Waals surface area (Å²) in [7, 11) is -3.25. The van der Waals surface area contributed by atoms with E-state index >= 15 is 0 Å². The molecule has 20 heavy (non-hydrogen) atoms. The van der Waals surface area contributed by atoms with Crippen LogP contribution in [-0.2, 0) is 15.8 Å². The zero-order chi connectivity index (χ0) is 14.8. The van der Waals surface area contributed by atoms with Crippen LogP contribution in [0, 0.1) is 11.8 Å². The summed E-state index contributed by atoms with van der Waals surface area (Å²) >= 11 is 0. The lowest BCUT2D eigenvalue weighted by atomic mass is 9.87. The van der Waals surface area contributed by atoms with Crippen LogP contribution in [0.1, 0.15) is 32.3 Å². The second kappa shape index (κ2) is 6.14. The molecule has 0 aliphatic carbocycles. The van der Waals surface area contributed by atoms with E-state index in [0.717, 1.165) is 12.8 Å². The minimum absolute atomic E-state index is 0.00597. The van der Waals surface area contributed by atoms with Crippen LogP contribution in [0.3, 0.4) is 0 Å². The molecule has 1 aromatic rings. The maximum atomic E-state index is 12.5. The number of benzene rings is 1. The average Bonchev–Trinajstić information content (AvgIpc) is 2.41. The number of piperidine rings is 1. The number of hydrogen-bond acceptors (Lipinski definition) is 3. The third-order valence-corrected chi connectivity index (χ3v) is 6.06. The van der Waals surface area contributed by atoms with Crippen molar-refractivity contribution in [2.45, 2.75) is 32.4 Å². The van der Waals surface area contributed by atoms with Crippen LogP contribution >= 0.6 is 0 Å². The van der Waals surface area contributed by atoms with E-state index < -0.39 is 10.0 Å². The molecular weight excluding hydrogens is 272 g/mol. The van der Waals surface area contributed by atoms with Gasteiger partial charge in [-0.1, -0.05) is 32.0 Å². The Kier molecular flexibility index (Phi) is 4.70. The van der Waals surface area contributed by atoms with Crippen LogP contribution in [-0.4, -0.2) is 25.8 Å². The third-order valence-electron chi connectivity index (χ3n) is 4.23. The number of para-hydroxylation sites is 1. The maximum absolute atomic E-state index is 12.5. The summed E-state index contributed by atoms with van der Waals surface area (Å²) in [6, 6.07) is 7.18. The van der Waals surface area contributed by atoms with E-state index in [2.05, 4.69) is 13.8 Å². The smallest absolute Gasteiger partial charge is 0.218 e. The van der Waals surface area contributed by atoms with Crippen LogP contribution in [0.15, 0.2) is 24.3 Å². The summed E-state index contributed by atoms with van der Waals surface area (Å²) in [4.78, 5) is 0. The van der Waals surface area contributed by atoms with Gasteiger partial charge in [-0.15, -0.1) is 0 Å². The van der Waals surface area contributed by atoms with Crippen LogP contribution in [0.4, 0.5) is 5.69 Å². The number of nitrogen functional groups attached to an aromatic ring is 1. The van der Waals surface area contributed by atoms with Crippen molar-refractivity contribution in [3.05, 3.63) is 29.8 Å². The van der Waals surface area contributed by atoms with E-state index in [9.17, 15) is 8.42 Å². The monoisotopic (exact) mass is 296 g/mol. The van der Waals surface area contributed by atoms with Crippen molar-refractivity contribution in [2.75, 3.05) is 18.8 Å². The Morgan fingerprint density at radius 1 is 1.25 bits per heavy atom. The molecular formula is C15H24N2O2S. The Bertz CT molecular complexity index is 547. The van der Waals surface area contributed by atoms with Gasteiger partial charge in [-0.2, -0.15) is 0 Å². The Morgan fingerprint density at radius 2 is 1.85 bits per heavy atom. The van der Waals surface area contributed by atoms with Gasteiger partial charge in [0.25, 0.3) is 0 Å². The van der Waals surface area contributed by atoms with Crippen molar-refractivity contribution < 1.29 is 8.42 Å². The Labute approximate surface area is 122 Å². The van der Waals surface area contributed by atoms with Gasteiger partial charge in [-0.3, -0.25) is 0 Å². The summed E-state index contributed by atoms with van der Waals surface area (Å²) in [5, 5.41) is 0. The zero-order valence-electron chi connectivity index (χ0n) is 12.2. The molecule has 0 bridgehead atoms. The molecule has 0 radical (unpaired) electrons. The van der Waals surface area contributed by atoms with E-state index in [1.807, 2.05) is 12.1 Å². The first-order valence-corrected chi connectivity index (χ1v) is 8.82. The highest BCUT2D eigenvalue weighted by atomic mass is 32.2. The maximum Gasteiger partial charge on any atom is 0.218 e. The van der Waals surface area contributed by atoms with E-state index in [4.69, 9.17) is 5.73 Å². The molecule has 1 fully saturated rings. The molecule has 0 aromatic heterocycles. The number of hydrogen-bond donors (Lipinski definition) is 1. The first-order valence-electron chi connectivity index (χ1n) is 7.21. The van der Waals surface area contributed by atoms with Gasteiger partial charge in [0.15, 0.2) is 0 Å². The number of nitrogens with two attached hydrogens (primary N) is 1. The van der Waals surface area contributed by atoms with Gasteiger partial charge in [0.2, 0.25) is 10.0 Å². The van der Waals surface area contributed by atoms with Gasteiger partial charge < -0.3 is 5.73 Å². The molecule has 2 rings (SSSR count). The zero-order valence-corrected chi connectivity index (χ0v) is 13.1. The fraction of sp³-hybridized carbons (Fsp3) is 0.600. The fourth-order valence-corrected chi connectivity index (χ4v) is 4.38. The Morgan fingerprint density at radius 3 is 2.40 bits per heavy atom. The van der Waals surface area contributed by atoms with Crippen LogP contribution in [0.25, 0.3) is 0 Å². The highest BCUT2D eigenvalue weighted by Gasteiger charge is 2.29. The SMILES string of the molecule is CC(C)C1CCN(S(=O)(=O)Cc2ccccc2N)CC1. The Balaban J connectivity index is 2.04. The summed E-state index contributed by atoms with van der Waals surface area (Å²) in [6.07, 6.45) is 1.92. The van der Waals surface area contributed by atoms with Crippen molar-refractivity contribution in [3.63, 3.8) is 0 Å². The van der Waals surface area contributed by atoms with Gasteiger partial charge in [0.05, 0.1) is 5.75 Å². The predicted octanol–water partition coefficient (Wildman–Crippen LogP) is 2.47. The van der Waals surface area contributed by atoms with E-state index in [1.54, 1.807) is 16.4 Å². The van der Waals surface area contributed by atoms with E-state index in [-0.39, 0.29) is 5.75 Å². The largest absolute Gasteiger partial charge is 0.398 e. The fourth-order valence-electron chi connectivity index (χ4n) is 2.77. The lowest BCUT2D eigenvalue weighted by molar-refractivity contribution is 0.226. The van der Waals surface area contributed by atoms with Crippen molar-refractivity contribution in [2.24, 2.45) is 11.8 Å². The lowest BCUT2D eigenvalue weighted by Gasteiger charge is -2.33. The minimum Gasteiger partial charge on any atom is -0.398 e. The summed E-state index contributed by atoms with van der Waals surface area (Å²) in [6.45, 7) is 5.69. The molecule has 0 amide bonds. The van der Waals surface area contributed by atoms with Crippen molar-refractivity contribution in [1.82, 2.24) is 4.31 Å². The van der Waals surface area contributed by atoms with Crippen molar-refractivity contribution in [1.29, 1.82) is 0 Å². The number of anilines is 1. The highest BCUT2D eigenvalue weighted by Crippen LogP contribution is 2.27. The molecule has 2 N–H and O–H groups in total. The second-order valence-electron chi connectivity index (χ2n) is 5.94. The van der Waals surface area contributed by atoms with Crippen molar-refractivity contribution in [3.8, 4) is 0 Å². The minimum atomic E-state index is -3.25. The topological polar surface area (TPSA) is 63.4 Å². The number of nitrogens with zero attached hydrogens (tertiary/aromatic N) is 1. The number of sulfonamides is 1. The van der Waals surface area contributed by atoms with Crippen LogP contribution in [0.2, 0.25) is 0 Å². The molecule has 112 valence electrons. The quantitative estimate of drug-likeness (QED) is 0.868. The molecule has 1 aliphatic heterocycles. The van der Waals surface area contributed by atoms with E-state index in [0.29, 0.717) is 36.2 Å². The molecule has 1 heterocycles. The van der Waals surface area contributed by atoms with E-state index in [1.165, 1.54) is 0 Å². The van der Waals surface area contributed by atoms with Crippen LogP contribution in [0.5, 0.6) is 0 Å². The standard InChI is InChI=1S/C15H24N2O2S/c1-12(2)13-7-9-17(10-8-13)20(18,19)11-14-5-3-4-6-15(14)16/h3-6,12-13H,7-11,16H2,1-2H3. The molecule has 5 heteroatoms. The molecule has 1 aliphatic rings. The second-order valence-corrected chi connectivity index (χ2v) is 7.90. The van der Waals surface area contributed by atoms with Crippen molar-refractivity contribution >= 4 is 15.7 Å². The predicted molar refractivity (Wildman–Crippen MR) is 82.6 cm³/mol. The number of rotatable bonds is 4. The van der Waals surface area contributed by atoms with Gasteiger partial charge in [-0.25, -0.2) is 12.7 Å². The molecule has 0 spiro atoms. The molecule has 1 saturated heterocycles. The van der Waals surface area contributed by atoms with Gasteiger partial charge in [0, 0.05) is 18.8 Å². The summed E-state index contributed by atoms with van der Waals surface area (Å²) < 4.78 is 26.5. The average molecular weight is 296 g/mol. The molecule has 0 atom stereocenters. The van der Waals surface area contributed by atoms with Crippen LogP contribution < -0.4 is 5.73 Å². The molecule has 0 unspecified atom stereocenters. The normalized spacial score (nSPS) is 18.6. The summed E-state index contributed by atoms with van der Waals surface area (Å²) in [5.41, 5.74) is 7.08. The van der Waals surface area contributed by atoms with Gasteiger partial charge in [-0.05, 0) is 36.3 Å². The molecule has 0 saturated carbocycles. The first kappa shape index (κ1) is 15.3. The first-order chi connectivity index (χ1) is 9.40. The van der Waals surface area contributed by atoms with Gasteiger partial charge >= 0.3 is 0 Å². The molecule has 1 aromatic carbocycles. The third kappa shape index (κ3) is 3.52. The summed E-state index contributed by atoms with van der Waals surface area (Å²) in [5.74, 6) is 1.28. The lowest BCUT2D eigenvalue weighted by Crippen LogP contribution is -2.40. The van der Waals surface area contributed by atoms with Gasteiger partial charge in [0.1, 0.15) is 0 Å². The molecule has 4 nitrogen and oxygen atoms in total.